The van der Waals surface area contributed by atoms with Crippen molar-refractivity contribution in [2.75, 3.05) is 0 Å². The number of benzene rings is 1. The Labute approximate surface area is 131 Å². The molecule has 1 aliphatic heterocycles. The molecule has 2 bridgehead atoms. The molecule has 3 aliphatic rings. The van der Waals surface area contributed by atoms with Crippen LogP contribution in [0.15, 0.2) is 29.4 Å². The zero-order chi connectivity index (χ0) is 14.9. The van der Waals surface area contributed by atoms with Crippen molar-refractivity contribution in [3.8, 4) is 0 Å². The van der Waals surface area contributed by atoms with Gasteiger partial charge in [-0.3, -0.25) is 0 Å². The van der Waals surface area contributed by atoms with Gasteiger partial charge in [-0.05, 0) is 31.1 Å². The highest BCUT2D eigenvalue weighted by Gasteiger charge is 2.72. The quantitative estimate of drug-likeness (QED) is 0.731. The first-order valence-electron chi connectivity index (χ1n) is 7.90. The van der Waals surface area contributed by atoms with E-state index in [0.717, 1.165) is 17.4 Å². The lowest BCUT2D eigenvalue weighted by Crippen LogP contribution is -2.44. The zero-order valence-corrected chi connectivity index (χ0v) is 14.1. The van der Waals surface area contributed by atoms with E-state index in [1.54, 1.807) is 0 Å². The molecule has 3 heteroatoms. The van der Waals surface area contributed by atoms with Gasteiger partial charge in [-0.1, -0.05) is 67.5 Å². The van der Waals surface area contributed by atoms with Gasteiger partial charge in [0, 0.05) is 17.4 Å². The summed E-state index contributed by atoms with van der Waals surface area (Å²) >= 11 is 1.87. The molecular formula is C18H23NOS. The number of fused-ring (bicyclic) bond motifs is 3. The molecule has 21 heavy (non-hydrogen) atoms. The molecule has 2 nitrogen and oxygen atoms in total. The van der Waals surface area contributed by atoms with Crippen LogP contribution in [0, 0.1) is 23.7 Å². The predicted octanol–water partition coefficient (Wildman–Crippen LogP) is 4.96. The van der Waals surface area contributed by atoms with Gasteiger partial charge in [-0.15, -0.1) is 0 Å². The topological polar surface area (TPSA) is 21.6 Å². The van der Waals surface area contributed by atoms with Gasteiger partial charge < -0.3 is 4.84 Å². The minimum absolute atomic E-state index is 0.139. The Morgan fingerprint density at radius 1 is 1.19 bits per heavy atom. The Balaban J connectivity index is 1.65. The lowest BCUT2D eigenvalue weighted by atomic mass is 9.69. The van der Waals surface area contributed by atoms with Crippen LogP contribution < -0.4 is 0 Å². The third-order valence-corrected chi connectivity index (χ3v) is 8.15. The van der Waals surface area contributed by atoms with Crippen molar-refractivity contribution in [3.63, 3.8) is 0 Å². The molecule has 0 radical (unpaired) electrons. The molecule has 1 heterocycles. The molecule has 2 aliphatic carbocycles. The van der Waals surface area contributed by atoms with Gasteiger partial charge in [-0.25, -0.2) is 0 Å². The highest BCUT2D eigenvalue weighted by molar-refractivity contribution is 8.15. The highest BCUT2D eigenvalue weighted by Crippen LogP contribution is 2.74. The molecule has 0 saturated heterocycles. The third-order valence-electron chi connectivity index (χ3n) is 6.63. The van der Waals surface area contributed by atoms with Gasteiger partial charge in [0.1, 0.15) is 5.04 Å². The lowest BCUT2D eigenvalue weighted by Gasteiger charge is -2.43. The largest absolute Gasteiger partial charge is 0.376 e. The number of hydrogen-bond donors (Lipinski definition) is 0. The minimum atomic E-state index is -0.139. The molecule has 0 amide bonds. The molecule has 0 aromatic heterocycles. The third kappa shape index (κ3) is 1.59. The van der Waals surface area contributed by atoms with E-state index in [1.165, 1.54) is 24.0 Å². The second-order valence-corrected chi connectivity index (χ2v) is 8.95. The summed E-state index contributed by atoms with van der Waals surface area (Å²) < 4.78 is 0. The molecule has 112 valence electrons. The summed E-state index contributed by atoms with van der Waals surface area (Å²) in [4.78, 5) is 5.98. The molecule has 0 N–H and O–H groups in total. The Morgan fingerprint density at radius 2 is 1.90 bits per heavy atom. The van der Waals surface area contributed by atoms with Crippen molar-refractivity contribution in [2.45, 2.75) is 51.9 Å². The summed E-state index contributed by atoms with van der Waals surface area (Å²) in [6.07, 6.45) is 3.74. The van der Waals surface area contributed by atoms with E-state index in [0.29, 0.717) is 5.41 Å². The fourth-order valence-electron chi connectivity index (χ4n) is 4.59. The summed E-state index contributed by atoms with van der Waals surface area (Å²) in [5.41, 5.74) is 3.03. The Kier molecular flexibility index (Phi) is 2.65. The molecule has 0 unspecified atom stereocenters. The van der Waals surface area contributed by atoms with Gasteiger partial charge in [0.05, 0.1) is 0 Å². The van der Waals surface area contributed by atoms with E-state index < -0.39 is 0 Å². The number of thioether (sulfide) groups is 1. The maximum absolute atomic E-state index is 6.12. The van der Waals surface area contributed by atoms with E-state index in [1.807, 2.05) is 11.8 Å². The van der Waals surface area contributed by atoms with E-state index in [9.17, 15) is 0 Å². The maximum atomic E-state index is 6.12. The molecule has 1 spiro atoms. The molecule has 1 aromatic rings. The van der Waals surface area contributed by atoms with Gasteiger partial charge in [0.2, 0.25) is 0 Å². The van der Waals surface area contributed by atoms with Crippen LogP contribution in [0.3, 0.4) is 0 Å². The second-order valence-electron chi connectivity index (χ2n) is 7.70. The number of hydrogen-bond acceptors (Lipinski definition) is 3. The standard InChI is InChI=1S/C18H23NOS/c1-12-5-7-13(8-6-12)15-19-20-18(21-15)11-14-9-10-17(18,4)16(14,2)3/h5-8,14H,9-11H2,1-4H3/t14-,17+,18+/m0/s1. The predicted molar refractivity (Wildman–Crippen MR) is 88.4 cm³/mol. The average Bonchev–Trinajstić information content (AvgIpc) is 3.01. The van der Waals surface area contributed by atoms with Gasteiger partial charge >= 0.3 is 0 Å². The number of aryl methyl sites for hydroxylation is 1. The second kappa shape index (κ2) is 4.07. The van der Waals surface area contributed by atoms with Crippen LogP contribution in [-0.2, 0) is 4.84 Å². The fraction of sp³-hybridized carbons (Fsp3) is 0.611. The van der Waals surface area contributed by atoms with Crippen LogP contribution in [0.4, 0.5) is 0 Å². The minimum Gasteiger partial charge on any atom is -0.376 e. The van der Waals surface area contributed by atoms with Crippen LogP contribution >= 0.6 is 11.8 Å². The van der Waals surface area contributed by atoms with Crippen LogP contribution in [0.5, 0.6) is 0 Å². The number of nitrogens with zero attached hydrogens (tertiary/aromatic N) is 1. The average molecular weight is 301 g/mol. The van der Waals surface area contributed by atoms with Crippen molar-refractivity contribution in [1.82, 2.24) is 0 Å². The van der Waals surface area contributed by atoms with Crippen molar-refractivity contribution in [1.29, 1.82) is 0 Å². The zero-order valence-electron chi connectivity index (χ0n) is 13.3. The normalized spacial score (nSPS) is 39.6. The van der Waals surface area contributed by atoms with E-state index in [-0.39, 0.29) is 10.3 Å². The Bertz CT molecular complexity index is 621. The van der Waals surface area contributed by atoms with Crippen molar-refractivity contribution >= 4 is 16.8 Å². The van der Waals surface area contributed by atoms with Crippen molar-refractivity contribution in [3.05, 3.63) is 35.4 Å². The first-order chi connectivity index (χ1) is 9.88. The Morgan fingerprint density at radius 3 is 2.48 bits per heavy atom. The fourth-order valence-corrected chi connectivity index (χ4v) is 6.18. The molecular weight excluding hydrogens is 278 g/mol. The Hall–Kier alpha value is -0.960. The van der Waals surface area contributed by atoms with Crippen molar-refractivity contribution < 1.29 is 4.84 Å². The first kappa shape index (κ1) is 13.7. The molecule has 1 aromatic carbocycles. The summed E-state index contributed by atoms with van der Waals surface area (Å²) in [7, 11) is 0. The van der Waals surface area contributed by atoms with Gasteiger partial charge in [0.15, 0.2) is 4.93 Å². The van der Waals surface area contributed by atoms with Crippen LogP contribution in [0.2, 0.25) is 0 Å². The highest BCUT2D eigenvalue weighted by atomic mass is 32.2. The van der Waals surface area contributed by atoms with E-state index in [2.05, 4.69) is 57.1 Å². The van der Waals surface area contributed by atoms with E-state index >= 15 is 0 Å². The number of oxime groups is 1. The molecule has 2 fully saturated rings. The van der Waals surface area contributed by atoms with E-state index in [4.69, 9.17) is 4.84 Å². The molecule has 2 saturated carbocycles. The lowest BCUT2D eigenvalue weighted by molar-refractivity contribution is -0.0659. The van der Waals surface area contributed by atoms with Crippen LogP contribution in [-0.4, -0.2) is 9.98 Å². The summed E-state index contributed by atoms with van der Waals surface area (Å²) in [5, 5.41) is 5.54. The molecule has 4 rings (SSSR count). The van der Waals surface area contributed by atoms with Crippen LogP contribution in [0.1, 0.15) is 51.2 Å². The first-order valence-corrected chi connectivity index (χ1v) is 8.72. The molecule has 3 atom stereocenters. The summed E-state index contributed by atoms with van der Waals surface area (Å²) in [6.45, 7) is 9.38. The van der Waals surface area contributed by atoms with Crippen LogP contribution in [0.25, 0.3) is 0 Å². The van der Waals surface area contributed by atoms with Gasteiger partial charge in [-0.2, -0.15) is 0 Å². The summed E-state index contributed by atoms with van der Waals surface area (Å²) in [6, 6.07) is 8.61. The smallest absolute Gasteiger partial charge is 0.194 e. The van der Waals surface area contributed by atoms with Gasteiger partial charge in [0.25, 0.3) is 0 Å². The summed E-state index contributed by atoms with van der Waals surface area (Å²) in [5.74, 6) is 0.766. The number of rotatable bonds is 1. The SMILES string of the molecule is Cc1ccc(C2=NO[C@]3(C[C@@H]4CC[C@]3(C)C4(C)C)S2)cc1. The monoisotopic (exact) mass is 301 g/mol. The maximum Gasteiger partial charge on any atom is 0.194 e. The van der Waals surface area contributed by atoms with Crippen molar-refractivity contribution in [2.24, 2.45) is 21.9 Å².